The summed E-state index contributed by atoms with van der Waals surface area (Å²) in [4.78, 5) is 0. The number of ether oxygens (including phenoxy) is 3. The summed E-state index contributed by atoms with van der Waals surface area (Å²) in [7, 11) is 0. The summed E-state index contributed by atoms with van der Waals surface area (Å²) < 4.78 is 16.9. The summed E-state index contributed by atoms with van der Waals surface area (Å²) in [5.41, 5.74) is 2.38. The highest BCUT2D eigenvalue weighted by Crippen LogP contribution is 2.25. The third-order valence-electron chi connectivity index (χ3n) is 5.32. The van der Waals surface area contributed by atoms with E-state index in [0.717, 1.165) is 50.6 Å². The molecule has 2 rings (SSSR count). The molecule has 0 unspecified atom stereocenters. The maximum atomic E-state index is 5.89. The van der Waals surface area contributed by atoms with E-state index >= 15 is 0 Å². The van der Waals surface area contributed by atoms with E-state index in [1.807, 2.05) is 0 Å². The number of hydrogen-bond donors (Lipinski definition) is 0. The van der Waals surface area contributed by atoms with Crippen LogP contribution in [0.1, 0.15) is 58.8 Å². The van der Waals surface area contributed by atoms with Gasteiger partial charge in [-0.2, -0.15) is 0 Å². The van der Waals surface area contributed by atoms with E-state index in [-0.39, 0.29) is 0 Å². The van der Waals surface area contributed by atoms with E-state index < -0.39 is 0 Å². The van der Waals surface area contributed by atoms with Crippen LogP contribution < -0.4 is 9.47 Å². The number of benzene rings is 2. The first-order chi connectivity index (χ1) is 14.7. The van der Waals surface area contributed by atoms with E-state index in [1.54, 1.807) is 0 Å². The summed E-state index contributed by atoms with van der Waals surface area (Å²) in [6, 6.07) is 16.7. The Balaban J connectivity index is 1.64. The van der Waals surface area contributed by atoms with Crippen molar-refractivity contribution in [1.29, 1.82) is 0 Å². The molecule has 2 aromatic carbocycles. The molecule has 0 heterocycles. The van der Waals surface area contributed by atoms with Crippen molar-refractivity contribution < 1.29 is 14.2 Å². The summed E-state index contributed by atoms with van der Waals surface area (Å²) in [6.45, 7) is 10.3. The lowest BCUT2D eigenvalue weighted by atomic mass is 10.1. The maximum Gasteiger partial charge on any atom is 0.119 e. The Bertz CT molecular complexity index is 691. The Hall–Kier alpha value is -2.42. The van der Waals surface area contributed by atoms with E-state index in [0.29, 0.717) is 5.92 Å². The molecular weight excluding hydrogens is 372 g/mol. The predicted molar refractivity (Wildman–Crippen MR) is 126 cm³/mol. The molecule has 2 aromatic rings. The van der Waals surface area contributed by atoms with Crippen molar-refractivity contribution in [2.24, 2.45) is 5.92 Å². The first-order valence-electron chi connectivity index (χ1n) is 11.4. The Labute approximate surface area is 183 Å². The molecule has 1 atom stereocenters. The topological polar surface area (TPSA) is 27.7 Å². The van der Waals surface area contributed by atoms with Gasteiger partial charge in [0, 0.05) is 0 Å². The molecule has 0 aliphatic carbocycles. The zero-order chi connectivity index (χ0) is 21.4. The largest absolute Gasteiger partial charge is 0.502 e. The molecular formula is C27H38O3. The van der Waals surface area contributed by atoms with Crippen molar-refractivity contribution in [3.05, 3.63) is 61.4 Å². The molecule has 3 nitrogen and oxygen atoms in total. The van der Waals surface area contributed by atoms with Gasteiger partial charge in [0.1, 0.15) is 11.5 Å². The first-order valence-corrected chi connectivity index (χ1v) is 11.4. The fraction of sp³-hybridized carbons (Fsp3) is 0.481. The van der Waals surface area contributed by atoms with Crippen LogP contribution in [0.2, 0.25) is 0 Å². The van der Waals surface area contributed by atoms with Crippen LogP contribution in [0.15, 0.2) is 61.4 Å². The van der Waals surface area contributed by atoms with Gasteiger partial charge in [0.2, 0.25) is 0 Å². The molecule has 0 aliphatic heterocycles. The van der Waals surface area contributed by atoms with Crippen LogP contribution in [0.3, 0.4) is 0 Å². The van der Waals surface area contributed by atoms with Crippen LogP contribution in [0.25, 0.3) is 11.1 Å². The zero-order valence-corrected chi connectivity index (χ0v) is 18.8. The predicted octanol–water partition coefficient (Wildman–Crippen LogP) is 7.66. The zero-order valence-electron chi connectivity index (χ0n) is 18.8. The number of rotatable bonds is 16. The van der Waals surface area contributed by atoms with E-state index in [4.69, 9.17) is 14.2 Å². The van der Waals surface area contributed by atoms with Crippen LogP contribution in [0.5, 0.6) is 11.5 Å². The molecule has 30 heavy (non-hydrogen) atoms. The van der Waals surface area contributed by atoms with Crippen LogP contribution in [0, 0.1) is 5.92 Å². The highest BCUT2D eigenvalue weighted by molar-refractivity contribution is 5.64. The quantitative estimate of drug-likeness (QED) is 0.210. The van der Waals surface area contributed by atoms with Crippen molar-refractivity contribution in [2.45, 2.75) is 58.8 Å². The third-order valence-corrected chi connectivity index (χ3v) is 5.32. The second-order valence-electron chi connectivity index (χ2n) is 7.88. The highest BCUT2D eigenvalue weighted by atomic mass is 16.5. The SMILES string of the molecule is C=COCCCCCCCCOc1ccc(-c2ccc(OC[C@@H](C)CC)cc2)cc1. The van der Waals surface area contributed by atoms with Crippen LogP contribution in [-0.2, 0) is 4.74 Å². The standard InChI is InChI=1S/C27H38O3/c1-4-23(3)22-30-27-18-14-25(15-19-27)24-12-16-26(17-13-24)29-21-11-9-7-6-8-10-20-28-5-2/h5,12-19,23H,2,4,6-11,20-22H2,1,3H3/t23-/m0/s1. The molecule has 0 saturated carbocycles. The van der Waals surface area contributed by atoms with Crippen LogP contribution in [-0.4, -0.2) is 19.8 Å². The second-order valence-corrected chi connectivity index (χ2v) is 7.88. The lowest BCUT2D eigenvalue weighted by Gasteiger charge is -2.11. The molecule has 0 spiro atoms. The van der Waals surface area contributed by atoms with Gasteiger partial charge in [-0.3, -0.25) is 0 Å². The van der Waals surface area contributed by atoms with E-state index in [1.165, 1.54) is 43.1 Å². The Morgan fingerprint density at radius 2 is 1.23 bits per heavy atom. The second kappa shape index (κ2) is 14.5. The molecule has 0 saturated heterocycles. The Morgan fingerprint density at radius 1 is 0.733 bits per heavy atom. The molecule has 0 fully saturated rings. The lowest BCUT2D eigenvalue weighted by molar-refractivity contribution is 0.241. The van der Waals surface area contributed by atoms with Gasteiger partial charge < -0.3 is 14.2 Å². The summed E-state index contributed by atoms with van der Waals surface area (Å²) in [5, 5.41) is 0. The first kappa shape index (κ1) is 23.9. The minimum Gasteiger partial charge on any atom is -0.502 e. The molecule has 0 aromatic heterocycles. The summed E-state index contributed by atoms with van der Waals surface area (Å²) in [5.74, 6) is 2.46. The van der Waals surface area contributed by atoms with Crippen molar-refractivity contribution in [1.82, 2.24) is 0 Å². The Morgan fingerprint density at radius 3 is 1.77 bits per heavy atom. The fourth-order valence-corrected chi connectivity index (χ4v) is 3.11. The molecule has 164 valence electrons. The average molecular weight is 411 g/mol. The summed E-state index contributed by atoms with van der Waals surface area (Å²) in [6.07, 6.45) is 9.83. The lowest BCUT2D eigenvalue weighted by Crippen LogP contribution is -2.06. The number of hydrogen-bond acceptors (Lipinski definition) is 3. The van der Waals surface area contributed by atoms with Crippen LogP contribution >= 0.6 is 0 Å². The van der Waals surface area contributed by atoms with Gasteiger partial charge in [0.15, 0.2) is 0 Å². The van der Waals surface area contributed by atoms with Gasteiger partial charge in [-0.15, -0.1) is 0 Å². The van der Waals surface area contributed by atoms with Gasteiger partial charge in [0.05, 0.1) is 26.1 Å². The van der Waals surface area contributed by atoms with Crippen molar-refractivity contribution >= 4 is 0 Å². The summed E-state index contributed by atoms with van der Waals surface area (Å²) >= 11 is 0. The Kier molecular flexibility index (Phi) is 11.6. The van der Waals surface area contributed by atoms with Crippen molar-refractivity contribution in [2.75, 3.05) is 19.8 Å². The maximum absolute atomic E-state index is 5.89. The van der Waals surface area contributed by atoms with Gasteiger partial charge in [0.25, 0.3) is 0 Å². The van der Waals surface area contributed by atoms with Gasteiger partial charge >= 0.3 is 0 Å². The molecule has 0 aliphatic rings. The normalized spacial score (nSPS) is 11.7. The highest BCUT2D eigenvalue weighted by Gasteiger charge is 2.03. The fourth-order valence-electron chi connectivity index (χ4n) is 3.11. The molecule has 0 bridgehead atoms. The van der Waals surface area contributed by atoms with E-state index in [2.05, 4.69) is 69.0 Å². The van der Waals surface area contributed by atoms with Gasteiger partial charge in [-0.1, -0.05) is 76.8 Å². The van der Waals surface area contributed by atoms with Crippen molar-refractivity contribution in [3.8, 4) is 22.6 Å². The smallest absolute Gasteiger partial charge is 0.119 e. The van der Waals surface area contributed by atoms with Gasteiger partial charge in [-0.25, -0.2) is 0 Å². The van der Waals surface area contributed by atoms with Crippen LogP contribution in [0.4, 0.5) is 0 Å². The van der Waals surface area contributed by atoms with Gasteiger partial charge in [-0.05, 0) is 54.2 Å². The molecule has 0 radical (unpaired) electrons. The number of unbranched alkanes of at least 4 members (excludes halogenated alkanes) is 5. The average Bonchev–Trinajstić information content (AvgIpc) is 2.79. The minimum absolute atomic E-state index is 0.583. The third kappa shape index (κ3) is 9.39. The monoisotopic (exact) mass is 410 g/mol. The van der Waals surface area contributed by atoms with E-state index in [9.17, 15) is 0 Å². The van der Waals surface area contributed by atoms with Crippen molar-refractivity contribution in [3.63, 3.8) is 0 Å². The molecule has 3 heteroatoms. The molecule has 0 amide bonds. The minimum atomic E-state index is 0.583. The molecule has 0 N–H and O–H groups in total.